The van der Waals surface area contributed by atoms with Crippen molar-refractivity contribution in [1.29, 1.82) is 0 Å². The van der Waals surface area contributed by atoms with Crippen molar-refractivity contribution >= 4 is 33.7 Å². The van der Waals surface area contributed by atoms with Crippen molar-refractivity contribution in [1.82, 2.24) is 4.72 Å². The van der Waals surface area contributed by atoms with E-state index in [1.165, 1.54) is 12.1 Å². The molecule has 5 N–H and O–H groups in total. The number of aliphatic imine (C=N–C) groups is 1. The number of nitrogens with zero attached hydrogens (tertiary/aromatic N) is 1. The Hall–Kier alpha value is -3.13. The number of hydrogen-bond acceptors (Lipinski definition) is 3. The molecule has 8 heteroatoms. The Bertz CT molecular complexity index is 976. The van der Waals surface area contributed by atoms with E-state index in [0.717, 1.165) is 5.56 Å². The minimum atomic E-state index is -3.81. The van der Waals surface area contributed by atoms with E-state index in [9.17, 15) is 13.2 Å². The Morgan fingerprint density at radius 1 is 1.04 bits per heavy atom. The van der Waals surface area contributed by atoms with Crippen molar-refractivity contribution in [3.8, 4) is 0 Å². The number of hydrogen-bond donors (Lipinski definition) is 3. The van der Waals surface area contributed by atoms with Gasteiger partial charge in [-0.15, -0.1) is 0 Å². The van der Waals surface area contributed by atoms with Crippen LogP contribution in [-0.2, 0) is 10.0 Å². The molecule has 0 spiro atoms. The van der Waals surface area contributed by atoms with Gasteiger partial charge in [0.1, 0.15) is 0 Å². The molecule has 7 nitrogen and oxygen atoms in total. The van der Waals surface area contributed by atoms with Gasteiger partial charge in [0.05, 0.1) is 10.6 Å². The fourth-order valence-corrected chi connectivity index (χ4v) is 3.64. The van der Waals surface area contributed by atoms with Gasteiger partial charge in [-0.3, -0.25) is 9.52 Å². The molecule has 0 bridgehead atoms. The molecule has 1 aliphatic heterocycles. The van der Waals surface area contributed by atoms with Crippen LogP contribution in [0.1, 0.15) is 21.5 Å². The van der Waals surface area contributed by atoms with Gasteiger partial charge >= 0.3 is 0 Å². The second-order valence-electron chi connectivity index (χ2n) is 5.12. The number of guanidine groups is 1. The summed E-state index contributed by atoms with van der Waals surface area (Å²) in [5.41, 5.74) is 12.1. The van der Waals surface area contributed by atoms with E-state index in [-0.39, 0.29) is 16.4 Å². The maximum absolute atomic E-state index is 12.5. The normalized spacial score (nSPS) is 14.8. The molecule has 0 atom stereocenters. The zero-order valence-corrected chi connectivity index (χ0v) is 13.2. The van der Waals surface area contributed by atoms with Crippen LogP contribution in [0.25, 0.3) is 11.8 Å². The maximum Gasteiger partial charge on any atom is 0.280 e. The third-order valence-electron chi connectivity index (χ3n) is 3.41. The van der Waals surface area contributed by atoms with Gasteiger partial charge in [-0.1, -0.05) is 36.4 Å². The highest BCUT2D eigenvalue weighted by atomic mass is 32.2. The lowest BCUT2D eigenvalue weighted by atomic mass is 10.1. The molecule has 0 aliphatic carbocycles. The second-order valence-corrected chi connectivity index (χ2v) is 6.77. The predicted molar refractivity (Wildman–Crippen MR) is 91.2 cm³/mol. The van der Waals surface area contributed by atoms with E-state index in [1.54, 1.807) is 24.3 Å². The smallest absolute Gasteiger partial charge is 0.280 e. The average molecular weight is 342 g/mol. The number of nitrogens with two attached hydrogens (primary N) is 2. The minimum Gasteiger partial charge on any atom is -0.370 e. The zero-order valence-electron chi connectivity index (χ0n) is 12.4. The molecule has 0 unspecified atom stereocenters. The third kappa shape index (κ3) is 2.99. The van der Waals surface area contributed by atoms with Crippen LogP contribution in [0, 0.1) is 0 Å². The Balaban J connectivity index is 2.10. The molecule has 0 fully saturated rings. The van der Waals surface area contributed by atoms with E-state index >= 15 is 0 Å². The standard InChI is InChI=1S/C16H14N4O3S/c17-16(18)19-15(21)12-7-6-11-8-13(10-4-2-1-3-5-10)20-24(22,23)14(11)9-12/h1-9,20H,(H4,17,18,19,21). The minimum absolute atomic E-state index is 0.00109. The number of sulfonamides is 1. The number of benzene rings is 2. The van der Waals surface area contributed by atoms with Crippen LogP contribution in [0.15, 0.2) is 58.4 Å². The number of carbonyl (C=O) groups excluding carboxylic acids is 1. The molecular weight excluding hydrogens is 328 g/mol. The SMILES string of the molecule is NC(N)=NC(=O)c1ccc2c(c1)S(=O)(=O)NC(c1ccccc1)=C2. The van der Waals surface area contributed by atoms with Gasteiger partial charge in [0.15, 0.2) is 5.96 Å². The fraction of sp³-hybridized carbons (Fsp3) is 0. The predicted octanol–water partition coefficient (Wildman–Crippen LogP) is 0.890. The summed E-state index contributed by atoms with van der Waals surface area (Å²) in [6.45, 7) is 0. The van der Waals surface area contributed by atoms with E-state index in [1.807, 2.05) is 18.2 Å². The summed E-state index contributed by atoms with van der Waals surface area (Å²) in [4.78, 5) is 15.3. The summed E-state index contributed by atoms with van der Waals surface area (Å²) < 4.78 is 27.5. The van der Waals surface area contributed by atoms with Gasteiger partial charge in [0, 0.05) is 5.56 Å². The number of carbonyl (C=O) groups is 1. The van der Waals surface area contributed by atoms with Crippen LogP contribution < -0.4 is 16.2 Å². The van der Waals surface area contributed by atoms with E-state index in [2.05, 4.69) is 9.71 Å². The van der Waals surface area contributed by atoms with Crippen molar-refractivity contribution in [2.45, 2.75) is 4.90 Å². The van der Waals surface area contributed by atoms with E-state index in [4.69, 9.17) is 11.5 Å². The number of rotatable bonds is 2. The molecule has 0 radical (unpaired) electrons. The number of amides is 1. The highest BCUT2D eigenvalue weighted by molar-refractivity contribution is 7.90. The van der Waals surface area contributed by atoms with Crippen molar-refractivity contribution in [2.75, 3.05) is 0 Å². The molecule has 2 aromatic carbocycles. The van der Waals surface area contributed by atoms with Crippen LogP contribution in [-0.4, -0.2) is 20.3 Å². The average Bonchev–Trinajstić information content (AvgIpc) is 2.54. The zero-order chi connectivity index (χ0) is 17.3. The molecule has 0 saturated heterocycles. The molecule has 0 aromatic heterocycles. The molecule has 122 valence electrons. The van der Waals surface area contributed by atoms with Gasteiger partial charge < -0.3 is 11.5 Å². The fourth-order valence-electron chi connectivity index (χ4n) is 2.35. The van der Waals surface area contributed by atoms with Crippen LogP contribution in [0.5, 0.6) is 0 Å². The molecule has 1 amide bonds. The Morgan fingerprint density at radius 2 is 1.75 bits per heavy atom. The highest BCUT2D eigenvalue weighted by Gasteiger charge is 2.25. The highest BCUT2D eigenvalue weighted by Crippen LogP contribution is 2.29. The lowest BCUT2D eigenvalue weighted by Gasteiger charge is -2.19. The van der Waals surface area contributed by atoms with Crippen molar-refractivity contribution in [3.63, 3.8) is 0 Å². The molecule has 24 heavy (non-hydrogen) atoms. The van der Waals surface area contributed by atoms with Crippen molar-refractivity contribution in [2.24, 2.45) is 16.5 Å². The van der Waals surface area contributed by atoms with E-state index in [0.29, 0.717) is 11.3 Å². The van der Waals surface area contributed by atoms with Crippen LogP contribution >= 0.6 is 0 Å². The quantitative estimate of drug-likeness (QED) is 0.551. The van der Waals surface area contributed by atoms with E-state index < -0.39 is 15.9 Å². The maximum atomic E-state index is 12.5. The monoisotopic (exact) mass is 342 g/mol. The molecule has 1 heterocycles. The Labute approximate surface area is 138 Å². The largest absolute Gasteiger partial charge is 0.370 e. The number of nitrogens with one attached hydrogen (secondary N) is 1. The molecule has 3 rings (SSSR count). The van der Waals surface area contributed by atoms with Gasteiger partial charge in [-0.2, -0.15) is 4.99 Å². The summed E-state index contributed by atoms with van der Waals surface area (Å²) in [5.74, 6) is -1.09. The van der Waals surface area contributed by atoms with Crippen molar-refractivity contribution < 1.29 is 13.2 Å². The summed E-state index contributed by atoms with van der Waals surface area (Å²) in [5, 5.41) is 0. The molecular formula is C16H14N4O3S. The topological polar surface area (TPSA) is 128 Å². The van der Waals surface area contributed by atoms with Gasteiger partial charge in [0.2, 0.25) is 0 Å². The Kier molecular flexibility index (Phi) is 3.82. The summed E-state index contributed by atoms with van der Waals surface area (Å²) in [6.07, 6.45) is 1.71. The van der Waals surface area contributed by atoms with Gasteiger partial charge in [0.25, 0.3) is 15.9 Å². The van der Waals surface area contributed by atoms with Gasteiger partial charge in [-0.25, -0.2) is 8.42 Å². The first-order valence-electron chi connectivity index (χ1n) is 6.95. The lowest BCUT2D eigenvalue weighted by molar-refractivity contribution is 0.100. The first kappa shape index (κ1) is 15.8. The van der Waals surface area contributed by atoms with Gasteiger partial charge in [-0.05, 0) is 29.3 Å². The third-order valence-corrected chi connectivity index (χ3v) is 4.83. The molecule has 1 aliphatic rings. The molecule has 0 saturated carbocycles. The van der Waals surface area contributed by atoms with Crippen molar-refractivity contribution in [3.05, 3.63) is 65.2 Å². The van der Waals surface area contributed by atoms with Crippen LogP contribution in [0.3, 0.4) is 0 Å². The Morgan fingerprint density at radius 3 is 2.42 bits per heavy atom. The van der Waals surface area contributed by atoms with Crippen LogP contribution in [0.4, 0.5) is 0 Å². The first-order chi connectivity index (χ1) is 11.4. The summed E-state index contributed by atoms with van der Waals surface area (Å²) in [7, 11) is -3.81. The summed E-state index contributed by atoms with van der Waals surface area (Å²) in [6, 6.07) is 13.4. The molecule has 2 aromatic rings. The second kappa shape index (κ2) is 5.82. The first-order valence-corrected chi connectivity index (χ1v) is 8.43. The van der Waals surface area contributed by atoms with Crippen LogP contribution in [0.2, 0.25) is 0 Å². The lowest BCUT2D eigenvalue weighted by Crippen LogP contribution is -2.27. The summed E-state index contributed by atoms with van der Waals surface area (Å²) >= 11 is 0. The number of fused-ring (bicyclic) bond motifs is 1.